The topological polar surface area (TPSA) is 35.2 Å². The van der Waals surface area contributed by atoms with E-state index in [1.165, 1.54) is 21.9 Å². The zero-order valence-electron chi connectivity index (χ0n) is 9.56. The molecule has 2 nitrogen and oxygen atoms in total. The molecule has 0 radical (unpaired) electrons. The van der Waals surface area contributed by atoms with Crippen molar-refractivity contribution in [3.63, 3.8) is 0 Å². The summed E-state index contributed by atoms with van der Waals surface area (Å²) in [6, 6.07) is 12.8. The van der Waals surface area contributed by atoms with Crippen molar-refractivity contribution in [1.82, 2.24) is 0 Å². The van der Waals surface area contributed by atoms with Crippen molar-refractivity contribution in [2.75, 3.05) is 13.2 Å². The first-order valence-electron chi connectivity index (χ1n) is 5.70. The summed E-state index contributed by atoms with van der Waals surface area (Å²) < 4.78 is 5.51. The van der Waals surface area contributed by atoms with Crippen molar-refractivity contribution < 1.29 is 4.74 Å². The Labute approximate surface area is 107 Å². The van der Waals surface area contributed by atoms with E-state index in [1.54, 1.807) is 0 Å². The molecule has 1 aliphatic rings. The van der Waals surface area contributed by atoms with Gasteiger partial charge in [-0.25, -0.2) is 0 Å². The maximum absolute atomic E-state index is 6.19. The van der Waals surface area contributed by atoms with Crippen LogP contribution in [0.3, 0.4) is 0 Å². The number of ether oxygens (including phenoxy) is 1. The third-order valence-corrected chi connectivity index (χ3v) is 3.24. The Bertz CT molecular complexity index is 527. The minimum atomic E-state index is 0. The lowest BCUT2D eigenvalue weighted by atomic mass is 9.93. The minimum absolute atomic E-state index is 0. The number of fused-ring (bicyclic) bond motifs is 3. The molecule has 1 heterocycles. The van der Waals surface area contributed by atoms with Crippen LogP contribution in [0.25, 0.3) is 10.8 Å². The lowest BCUT2D eigenvalue weighted by Gasteiger charge is -2.15. The van der Waals surface area contributed by atoms with Crippen molar-refractivity contribution in [2.45, 2.75) is 12.5 Å². The monoisotopic (exact) mass is 249 g/mol. The number of hydrogen-bond donors (Lipinski definition) is 1. The SMILES string of the molecule is Cl.NC1COCCc2ccc3ccccc3c21. The summed E-state index contributed by atoms with van der Waals surface area (Å²) in [5.41, 5.74) is 8.80. The van der Waals surface area contributed by atoms with E-state index >= 15 is 0 Å². The molecule has 1 atom stereocenters. The summed E-state index contributed by atoms with van der Waals surface area (Å²) in [6.07, 6.45) is 0.966. The van der Waals surface area contributed by atoms with E-state index in [4.69, 9.17) is 10.5 Å². The molecule has 2 aromatic carbocycles. The van der Waals surface area contributed by atoms with E-state index in [0.717, 1.165) is 13.0 Å². The van der Waals surface area contributed by atoms with Crippen LogP contribution in [0.1, 0.15) is 17.2 Å². The Morgan fingerprint density at radius 3 is 2.82 bits per heavy atom. The van der Waals surface area contributed by atoms with Crippen LogP contribution in [0.4, 0.5) is 0 Å². The number of halogens is 1. The van der Waals surface area contributed by atoms with Crippen LogP contribution in [-0.4, -0.2) is 13.2 Å². The fourth-order valence-corrected chi connectivity index (χ4v) is 2.47. The lowest BCUT2D eigenvalue weighted by Crippen LogP contribution is -2.16. The second-order valence-electron chi connectivity index (χ2n) is 4.29. The Balaban J connectivity index is 0.00000108. The molecular weight excluding hydrogens is 234 g/mol. The van der Waals surface area contributed by atoms with Crippen LogP contribution in [0.2, 0.25) is 0 Å². The second-order valence-corrected chi connectivity index (χ2v) is 4.29. The molecule has 0 fully saturated rings. The van der Waals surface area contributed by atoms with Gasteiger partial charge in [0.1, 0.15) is 0 Å². The summed E-state index contributed by atoms with van der Waals surface area (Å²) in [5, 5.41) is 2.54. The van der Waals surface area contributed by atoms with Gasteiger partial charge in [0.2, 0.25) is 0 Å². The summed E-state index contributed by atoms with van der Waals surface area (Å²) in [5.74, 6) is 0. The van der Waals surface area contributed by atoms with Gasteiger partial charge in [-0.3, -0.25) is 0 Å². The Kier molecular flexibility index (Phi) is 3.67. The van der Waals surface area contributed by atoms with E-state index in [2.05, 4.69) is 36.4 Å². The van der Waals surface area contributed by atoms with Gasteiger partial charge in [-0.1, -0.05) is 36.4 Å². The normalized spacial score (nSPS) is 19.2. The average Bonchev–Trinajstić information content (AvgIpc) is 2.51. The van der Waals surface area contributed by atoms with Crippen LogP contribution in [0, 0.1) is 0 Å². The maximum atomic E-state index is 6.19. The van der Waals surface area contributed by atoms with E-state index in [0.29, 0.717) is 6.61 Å². The fraction of sp³-hybridized carbons (Fsp3) is 0.286. The zero-order chi connectivity index (χ0) is 11.0. The van der Waals surface area contributed by atoms with Crippen molar-refractivity contribution >= 4 is 23.2 Å². The first kappa shape index (κ1) is 12.4. The average molecular weight is 250 g/mol. The summed E-state index contributed by atoms with van der Waals surface area (Å²) >= 11 is 0. The number of nitrogens with two attached hydrogens (primary N) is 1. The molecule has 1 unspecified atom stereocenters. The first-order chi connectivity index (χ1) is 7.86. The van der Waals surface area contributed by atoms with Gasteiger partial charge in [-0.05, 0) is 28.3 Å². The molecule has 0 amide bonds. The van der Waals surface area contributed by atoms with Gasteiger partial charge in [0.05, 0.1) is 19.3 Å². The Morgan fingerprint density at radius 1 is 1.12 bits per heavy atom. The standard InChI is InChI=1S/C14H15NO.ClH/c15-13-9-16-8-7-11-6-5-10-3-1-2-4-12(10)14(11)13;/h1-6,13H,7-9,15H2;1H. The highest BCUT2D eigenvalue weighted by atomic mass is 35.5. The minimum Gasteiger partial charge on any atom is -0.379 e. The maximum Gasteiger partial charge on any atom is 0.0659 e. The highest BCUT2D eigenvalue weighted by Gasteiger charge is 2.17. The lowest BCUT2D eigenvalue weighted by molar-refractivity contribution is 0.131. The highest BCUT2D eigenvalue weighted by Crippen LogP contribution is 2.29. The molecule has 0 aromatic heterocycles. The van der Waals surface area contributed by atoms with E-state index in [9.17, 15) is 0 Å². The third kappa shape index (κ3) is 2.16. The third-order valence-electron chi connectivity index (χ3n) is 3.24. The second kappa shape index (κ2) is 5.05. The van der Waals surface area contributed by atoms with Gasteiger partial charge < -0.3 is 10.5 Å². The largest absolute Gasteiger partial charge is 0.379 e. The quantitative estimate of drug-likeness (QED) is 0.779. The van der Waals surface area contributed by atoms with Gasteiger partial charge in [-0.15, -0.1) is 12.4 Å². The van der Waals surface area contributed by atoms with Crippen LogP contribution < -0.4 is 5.73 Å². The summed E-state index contributed by atoms with van der Waals surface area (Å²) in [4.78, 5) is 0. The van der Waals surface area contributed by atoms with Crippen LogP contribution in [0.15, 0.2) is 36.4 Å². The van der Waals surface area contributed by atoms with E-state index in [-0.39, 0.29) is 18.4 Å². The van der Waals surface area contributed by atoms with Crippen LogP contribution >= 0.6 is 12.4 Å². The number of benzene rings is 2. The molecule has 2 N–H and O–H groups in total. The summed E-state index contributed by atoms with van der Waals surface area (Å²) in [6.45, 7) is 1.40. The molecule has 0 aliphatic carbocycles. The van der Waals surface area contributed by atoms with Gasteiger partial charge in [-0.2, -0.15) is 0 Å². The molecule has 2 aromatic rings. The van der Waals surface area contributed by atoms with E-state index in [1.807, 2.05) is 0 Å². The highest BCUT2D eigenvalue weighted by molar-refractivity contribution is 5.87. The zero-order valence-corrected chi connectivity index (χ0v) is 10.4. The molecule has 0 saturated heterocycles. The molecule has 3 rings (SSSR count). The number of hydrogen-bond acceptors (Lipinski definition) is 2. The predicted octanol–water partition coefficient (Wildman–Crippen LogP) is 2.83. The van der Waals surface area contributed by atoms with Gasteiger partial charge in [0, 0.05) is 0 Å². The fourth-order valence-electron chi connectivity index (χ4n) is 2.47. The van der Waals surface area contributed by atoms with Crippen LogP contribution in [-0.2, 0) is 11.2 Å². The van der Waals surface area contributed by atoms with Gasteiger partial charge in [0.25, 0.3) is 0 Å². The van der Waals surface area contributed by atoms with E-state index < -0.39 is 0 Å². The van der Waals surface area contributed by atoms with Gasteiger partial charge >= 0.3 is 0 Å². The molecule has 17 heavy (non-hydrogen) atoms. The van der Waals surface area contributed by atoms with Crippen molar-refractivity contribution in [3.05, 3.63) is 47.5 Å². The number of rotatable bonds is 0. The van der Waals surface area contributed by atoms with Gasteiger partial charge in [0.15, 0.2) is 0 Å². The summed E-state index contributed by atoms with van der Waals surface area (Å²) in [7, 11) is 0. The molecular formula is C14H16ClNO. The van der Waals surface area contributed by atoms with Crippen LogP contribution in [0.5, 0.6) is 0 Å². The van der Waals surface area contributed by atoms with Crippen molar-refractivity contribution in [3.8, 4) is 0 Å². The molecule has 0 saturated carbocycles. The van der Waals surface area contributed by atoms with Crippen molar-refractivity contribution in [1.29, 1.82) is 0 Å². The first-order valence-corrected chi connectivity index (χ1v) is 5.70. The molecule has 90 valence electrons. The molecule has 1 aliphatic heterocycles. The predicted molar refractivity (Wildman–Crippen MR) is 72.6 cm³/mol. The van der Waals surface area contributed by atoms with Crippen molar-refractivity contribution in [2.24, 2.45) is 5.73 Å². The molecule has 3 heteroatoms. The Morgan fingerprint density at radius 2 is 1.94 bits per heavy atom. The molecule has 0 spiro atoms. The smallest absolute Gasteiger partial charge is 0.0659 e. The Hall–Kier alpha value is -1.09. The molecule has 0 bridgehead atoms.